The molecule has 0 spiro atoms. The number of piperidine rings is 1. The molecule has 0 radical (unpaired) electrons. The van der Waals surface area contributed by atoms with Crippen LogP contribution in [0.5, 0.6) is 0 Å². The molecular weight excluding hydrogens is 544 g/mol. The Hall–Kier alpha value is -3.04. The molecule has 38 heavy (non-hydrogen) atoms. The van der Waals surface area contributed by atoms with Gasteiger partial charge in [-0.3, -0.25) is 14.4 Å². The standard InChI is InChI=1S/C27H25Cl2F3N2O4/c1-14-10-16(27(30,31)32)12-20-18(14)13-21(33(20)2)25(36)23-19(28)5-4-17(24(23)29)26(37)34-8-6-15(7-9-34)11-22(35)38-3/h4-5,10,12-13,15H,6-9,11H2,1-3H3. The van der Waals surface area contributed by atoms with E-state index in [0.717, 1.165) is 12.1 Å². The summed E-state index contributed by atoms with van der Waals surface area (Å²) in [6.45, 7) is 2.36. The van der Waals surface area contributed by atoms with Crippen LogP contribution in [0.25, 0.3) is 10.9 Å². The van der Waals surface area contributed by atoms with Gasteiger partial charge in [-0.1, -0.05) is 23.2 Å². The van der Waals surface area contributed by atoms with Crippen molar-refractivity contribution in [2.45, 2.75) is 32.4 Å². The van der Waals surface area contributed by atoms with E-state index in [1.165, 1.54) is 36.9 Å². The molecule has 0 bridgehead atoms. The van der Waals surface area contributed by atoms with E-state index < -0.39 is 17.5 Å². The maximum atomic E-state index is 13.6. The molecule has 0 unspecified atom stereocenters. The van der Waals surface area contributed by atoms with Gasteiger partial charge in [-0.05, 0) is 61.6 Å². The Bertz CT molecular complexity index is 1440. The van der Waals surface area contributed by atoms with Crippen molar-refractivity contribution in [1.82, 2.24) is 9.47 Å². The summed E-state index contributed by atoms with van der Waals surface area (Å²) < 4.78 is 46.2. The Morgan fingerprint density at radius 2 is 1.74 bits per heavy atom. The molecule has 2 heterocycles. The molecule has 0 saturated carbocycles. The largest absolute Gasteiger partial charge is 0.469 e. The second-order valence-electron chi connectivity index (χ2n) is 9.44. The van der Waals surface area contributed by atoms with Crippen molar-refractivity contribution >= 4 is 51.8 Å². The van der Waals surface area contributed by atoms with Crippen molar-refractivity contribution in [3.63, 3.8) is 0 Å². The molecule has 3 aromatic rings. The van der Waals surface area contributed by atoms with Crippen LogP contribution in [0, 0.1) is 12.8 Å². The summed E-state index contributed by atoms with van der Waals surface area (Å²) in [7, 11) is 2.83. The number of carbonyl (C=O) groups is 3. The number of fused-ring (bicyclic) bond motifs is 1. The van der Waals surface area contributed by atoms with Crippen LogP contribution in [-0.4, -0.2) is 47.3 Å². The average Bonchev–Trinajstić information content (AvgIpc) is 3.20. The zero-order valence-electron chi connectivity index (χ0n) is 20.9. The lowest BCUT2D eigenvalue weighted by Gasteiger charge is -2.32. The summed E-state index contributed by atoms with van der Waals surface area (Å²) in [6, 6.07) is 6.38. The topological polar surface area (TPSA) is 68.6 Å². The van der Waals surface area contributed by atoms with Crippen molar-refractivity contribution in [3.8, 4) is 0 Å². The van der Waals surface area contributed by atoms with Crippen LogP contribution in [0.15, 0.2) is 30.3 Å². The summed E-state index contributed by atoms with van der Waals surface area (Å²) in [5, 5.41) is 0.381. The van der Waals surface area contributed by atoms with E-state index in [2.05, 4.69) is 0 Å². The minimum atomic E-state index is -4.54. The number of carbonyl (C=O) groups excluding carboxylic acids is 3. The normalized spacial score (nSPS) is 14.7. The Balaban J connectivity index is 1.65. The number of methoxy groups -OCH3 is 1. The SMILES string of the molecule is COC(=O)CC1CCN(C(=O)c2ccc(Cl)c(C(=O)c3cc4c(C)cc(C(F)(F)F)cc4n3C)c2Cl)CC1. The van der Waals surface area contributed by atoms with Gasteiger partial charge >= 0.3 is 12.1 Å². The number of ether oxygens (including phenoxy) is 1. The van der Waals surface area contributed by atoms with E-state index in [-0.39, 0.29) is 56.6 Å². The van der Waals surface area contributed by atoms with E-state index in [1.807, 2.05) is 0 Å². The Morgan fingerprint density at radius 1 is 1.08 bits per heavy atom. The van der Waals surface area contributed by atoms with Crippen LogP contribution in [0.2, 0.25) is 10.0 Å². The number of nitrogens with zero attached hydrogens (tertiary/aromatic N) is 2. The van der Waals surface area contributed by atoms with E-state index >= 15 is 0 Å². The third-order valence-electron chi connectivity index (χ3n) is 7.06. The highest BCUT2D eigenvalue weighted by Gasteiger charge is 2.33. The van der Waals surface area contributed by atoms with Gasteiger partial charge in [0.05, 0.1) is 39.5 Å². The monoisotopic (exact) mass is 568 g/mol. The molecule has 1 aromatic heterocycles. The summed E-state index contributed by atoms with van der Waals surface area (Å²) in [5.41, 5.74) is -0.142. The van der Waals surface area contributed by atoms with Crippen molar-refractivity contribution in [1.29, 1.82) is 0 Å². The van der Waals surface area contributed by atoms with Crippen molar-refractivity contribution in [3.05, 3.63) is 68.3 Å². The molecule has 4 rings (SSSR count). The lowest BCUT2D eigenvalue weighted by molar-refractivity contribution is -0.142. The zero-order valence-corrected chi connectivity index (χ0v) is 22.4. The van der Waals surface area contributed by atoms with Gasteiger partial charge in [0.25, 0.3) is 5.91 Å². The van der Waals surface area contributed by atoms with Crippen LogP contribution in [0.3, 0.4) is 0 Å². The van der Waals surface area contributed by atoms with Gasteiger partial charge in [0.2, 0.25) is 5.78 Å². The van der Waals surface area contributed by atoms with Gasteiger partial charge in [-0.15, -0.1) is 0 Å². The predicted molar refractivity (Wildman–Crippen MR) is 138 cm³/mol. The van der Waals surface area contributed by atoms with Gasteiger partial charge in [0, 0.05) is 37.5 Å². The number of halogens is 5. The molecular formula is C27H25Cl2F3N2O4. The molecule has 1 aliphatic heterocycles. The Labute approximate surface area is 227 Å². The number of rotatable bonds is 5. The number of benzene rings is 2. The molecule has 0 aliphatic carbocycles. The third-order valence-corrected chi connectivity index (χ3v) is 7.77. The zero-order chi connectivity index (χ0) is 27.9. The van der Waals surface area contributed by atoms with Gasteiger partial charge in [-0.25, -0.2) is 0 Å². The van der Waals surface area contributed by atoms with Gasteiger partial charge in [0.15, 0.2) is 0 Å². The number of ketones is 1. The lowest BCUT2D eigenvalue weighted by Crippen LogP contribution is -2.39. The number of hydrogen-bond acceptors (Lipinski definition) is 4. The van der Waals surface area contributed by atoms with Crippen LogP contribution < -0.4 is 0 Å². The summed E-state index contributed by atoms with van der Waals surface area (Å²) in [6.07, 6.45) is -3.02. The molecule has 1 amide bonds. The van der Waals surface area contributed by atoms with Crippen molar-refractivity contribution in [2.24, 2.45) is 13.0 Å². The van der Waals surface area contributed by atoms with Crippen LogP contribution in [0.1, 0.15) is 56.8 Å². The first kappa shape index (κ1) is 28.0. The number of aromatic nitrogens is 1. The van der Waals surface area contributed by atoms with Crippen LogP contribution in [-0.2, 0) is 22.8 Å². The molecule has 1 fully saturated rings. The predicted octanol–water partition coefficient (Wildman–Crippen LogP) is 6.46. The third kappa shape index (κ3) is 5.27. The van der Waals surface area contributed by atoms with E-state index in [0.29, 0.717) is 36.9 Å². The lowest BCUT2D eigenvalue weighted by atomic mass is 9.93. The first-order valence-electron chi connectivity index (χ1n) is 11.9. The summed E-state index contributed by atoms with van der Waals surface area (Å²) in [4.78, 5) is 40.1. The first-order valence-corrected chi connectivity index (χ1v) is 12.6. The molecule has 6 nitrogen and oxygen atoms in total. The van der Waals surface area contributed by atoms with Crippen LogP contribution in [0.4, 0.5) is 13.2 Å². The fourth-order valence-electron chi connectivity index (χ4n) is 4.87. The molecule has 11 heteroatoms. The number of alkyl halides is 3. The Kier molecular flexibility index (Phi) is 7.81. The number of likely N-dealkylation sites (tertiary alicyclic amines) is 1. The van der Waals surface area contributed by atoms with Gasteiger partial charge in [-0.2, -0.15) is 13.2 Å². The fraction of sp³-hybridized carbons (Fsp3) is 0.370. The highest BCUT2D eigenvalue weighted by atomic mass is 35.5. The molecule has 1 saturated heterocycles. The van der Waals surface area contributed by atoms with Gasteiger partial charge < -0.3 is 14.2 Å². The van der Waals surface area contributed by atoms with Crippen molar-refractivity contribution in [2.75, 3.05) is 20.2 Å². The Morgan fingerprint density at radius 3 is 2.34 bits per heavy atom. The minimum Gasteiger partial charge on any atom is -0.469 e. The van der Waals surface area contributed by atoms with E-state index in [4.69, 9.17) is 27.9 Å². The second kappa shape index (κ2) is 10.6. The second-order valence-corrected chi connectivity index (χ2v) is 10.2. The average molecular weight is 569 g/mol. The summed E-state index contributed by atoms with van der Waals surface area (Å²) >= 11 is 12.9. The summed E-state index contributed by atoms with van der Waals surface area (Å²) in [5.74, 6) is -1.17. The molecule has 202 valence electrons. The minimum absolute atomic E-state index is 0.0197. The number of hydrogen-bond donors (Lipinski definition) is 0. The van der Waals surface area contributed by atoms with Gasteiger partial charge in [0.1, 0.15) is 0 Å². The smallest absolute Gasteiger partial charge is 0.416 e. The number of esters is 1. The quantitative estimate of drug-likeness (QED) is 0.261. The highest BCUT2D eigenvalue weighted by molar-refractivity contribution is 6.42. The maximum Gasteiger partial charge on any atom is 0.416 e. The van der Waals surface area contributed by atoms with E-state index in [9.17, 15) is 27.6 Å². The first-order chi connectivity index (χ1) is 17.8. The molecule has 1 aliphatic rings. The van der Waals surface area contributed by atoms with Crippen molar-refractivity contribution < 1.29 is 32.3 Å². The number of amides is 1. The number of aryl methyl sites for hydroxylation is 2. The molecule has 0 atom stereocenters. The maximum absolute atomic E-state index is 13.6. The highest BCUT2D eigenvalue weighted by Crippen LogP contribution is 2.36. The molecule has 2 aromatic carbocycles. The van der Waals surface area contributed by atoms with E-state index in [1.54, 1.807) is 11.8 Å². The molecule has 0 N–H and O–H groups in total. The fourth-order valence-corrected chi connectivity index (χ4v) is 5.50. The van der Waals surface area contributed by atoms with Crippen LogP contribution >= 0.6 is 23.2 Å².